The highest BCUT2D eigenvalue weighted by molar-refractivity contribution is 7.99. The summed E-state index contributed by atoms with van der Waals surface area (Å²) in [6.45, 7) is 4.34. The van der Waals surface area contributed by atoms with Gasteiger partial charge in [-0.25, -0.2) is 8.42 Å². The Bertz CT molecular complexity index is 1140. The van der Waals surface area contributed by atoms with Crippen molar-refractivity contribution in [1.82, 2.24) is 14.5 Å². The van der Waals surface area contributed by atoms with E-state index in [0.29, 0.717) is 29.2 Å². The Morgan fingerprint density at radius 3 is 2.53 bits per heavy atom. The molecule has 7 nitrogen and oxygen atoms in total. The van der Waals surface area contributed by atoms with Crippen molar-refractivity contribution in [3.05, 3.63) is 59.1 Å². The third-order valence-corrected chi connectivity index (χ3v) is 7.40. The predicted molar refractivity (Wildman–Crippen MR) is 116 cm³/mol. The number of carbonyl (C=O) groups is 1. The van der Waals surface area contributed by atoms with Crippen molar-refractivity contribution >= 4 is 39.2 Å². The normalized spacial score (nSPS) is 11.7. The molecule has 10 heteroatoms. The third-order valence-electron chi connectivity index (χ3n) is 4.30. The van der Waals surface area contributed by atoms with Crippen LogP contribution in [0.15, 0.2) is 63.1 Å². The highest BCUT2D eigenvalue weighted by Gasteiger charge is 2.22. The summed E-state index contributed by atoms with van der Waals surface area (Å²) in [6.07, 6.45) is 0. The lowest BCUT2D eigenvalue weighted by atomic mass is 10.1. The molecule has 0 saturated heterocycles. The maximum absolute atomic E-state index is 12.7. The first kappa shape index (κ1) is 22.5. The van der Waals surface area contributed by atoms with E-state index in [9.17, 15) is 13.2 Å². The largest absolute Gasteiger partial charge is 0.411 e. The predicted octanol–water partition coefficient (Wildman–Crippen LogP) is 4.40. The number of hydrogen-bond acceptors (Lipinski definition) is 7. The van der Waals surface area contributed by atoms with Gasteiger partial charge in [0.1, 0.15) is 0 Å². The lowest BCUT2D eigenvalue weighted by molar-refractivity contribution is 0.102. The molecule has 0 saturated carbocycles. The first-order valence-corrected chi connectivity index (χ1v) is 12.0. The highest BCUT2D eigenvalue weighted by Crippen LogP contribution is 2.26. The van der Waals surface area contributed by atoms with E-state index in [2.05, 4.69) is 10.2 Å². The van der Waals surface area contributed by atoms with E-state index >= 15 is 0 Å². The molecule has 2 aromatic carbocycles. The van der Waals surface area contributed by atoms with Gasteiger partial charge in [0.25, 0.3) is 5.22 Å². The average molecular weight is 466 g/mol. The number of hydrogen-bond donors (Lipinski definition) is 0. The molecule has 1 aromatic heterocycles. The summed E-state index contributed by atoms with van der Waals surface area (Å²) in [5.74, 6) is 0.178. The van der Waals surface area contributed by atoms with Gasteiger partial charge in [0, 0.05) is 29.2 Å². The molecule has 0 atom stereocenters. The highest BCUT2D eigenvalue weighted by atomic mass is 35.5. The van der Waals surface area contributed by atoms with Gasteiger partial charge < -0.3 is 4.42 Å². The van der Waals surface area contributed by atoms with Crippen LogP contribution in [0, 0.1) is 0 Å². The maximum Gasteiger partial charge on any atom is 0.277 e. The number of carbonyl (C=O) groups excluding carboxylic acids is 1. The quantitative estimate of drug-likeness (QED) is 0.341. The van der Waals surface area contributed by atoms with Gasteiger partial charge in [0.2, 0.25) is 15.9 Å². The van der Waals surface area contributed by atoms with Crippen LogP contribution in [0.1, 0.15) is 24.2 Å². The molecule has 0 unspecified atom stereocenters. The first-order chi connectivity index (χ1) is 14.3. The molecule has 3 rings (SSSR count). The summed E-state index contributed by atoms with van der Waals surface area (Å²) >= 11 is 7.02. The number of rotatable bonds is 9. The summed E-state index contributed by atoms with van der Waals surface area (Å²) < 4.78 is 32.4. The minimum Gasteiger partial charge on any atom is -0.411 e. The van der Waals surface area contributed by atoms with Crippen LogP contribution in [0.2, 0.25) is 5.02 Å². The molecule has 0 aliphatic rings. The van der Waals surface area contributed by atoms with Crippen molar-refractivity contribution in [2.24, 2.45) is 0 Å². The molecule has 0 amide bonds. The van der Waals surface area contributed by atoms with Crippen LogP contribution in [0.3, 0.4) is 0 Å². The van der Waals surface area contributed by atoms with Gasteiger partial charge >= 0.3 is 0 Å². The second-order valence-electron chi connectivity index (χ2n) is 6.21. The van der Waals surface area contributed by atoms with Gasteiger partial charge in [-0.15, -0.1) is 10.2 Å². The van der Waals surface area contributed by atoms with Crippen molar-refractivity contribution < 1.29 is 17.6 Å². The lowest BCUT2D eigenvalue weighted by Gasteiger charge is -2.18. The van der Waals surface area contributed by atoms with Crippen molar-refractivity contribution in [3.63, 3.8) is 0 Å². The molecule has 30 heavy (non-hydrogen) atoms. The summed E-state index contributed by atoms with van der Waals surface area (Å²) in [5, 5.41) is 8.64. The fourth-order valence-corrected chi connectivity index (χ4v) is 5.11. The Labute approximate surface area is 184 Å². The molecule has 0 bridgehead atoms. The topological polar surface area (TPSA) is 93.4 Å². The van der Waals surface area contributed by atoms with Crippen LogP contribution < -0.4 is 0 Å². The number of ketones is 1. The summed E-state index contributed by atoms with van der Waals surface area (Å²) in [4.78, 5) is 12.4. The van der Waals surface area contributed by atoms with Gasteiger partial charge in [-0.2, -0.15) is 4.31 Å². The molecule has 1 heterocycles. The van der Waals surface area contributed by atoms with Crippen molar-refractivity contribution in [3.8, 4) is 11.5 Å². The zero-order valence-corrected chi connectivity index (χ0v) is 18.8. The van der Waals surface area contributed by atoms with E-state index in [-0.39, 0.29) is 27.5 Å². The van der Waals surface area contributed by atoms with Gasteiger partial charge in [-0.3, -0.25) is 4.79 Å². The number of nitrogens with zero attached hydrogens (tertiary/aromatic N) is 3. The smallest absolute Gasteiger partial charge is 0.277 e. The van der Waals surface area contributed by atoms with Crippen molar-refractivity contribution in [2.45, 2.75) is 24.0 Å². The molecule has 0 N–H and O–H groups in total. The van der Waals surface area contributed by atoms with E-state index < -0.39 is 10.0 Å². The van der Waals surface area contributed by atoms with E-state index in [4.69, 9.17) is 16.0 Å². The molecule has 0 spiro atoms. The van der Waals surface area contributed by atoms with E-state index in [0.717, 1.165) is 11.8 Å². The Kier molecular flexibility index (Phi) is 7.30. The molecule has 0 aliphatic heterocycles. The molecule has 0 aliphatic carbocycles. The minimum absolute atomic E-state index is 0.109. The van der Waals surface area contributed by atoms with Crippen LogP contribution >= 0.6 is 23.4 Å². The SMILES string of the molecule is CCN(CC)S(=O)(=O)c1cccc(-c2nnc(SCC(=O)c3cccc(Cl)c3)o2)c1. The maximum atomic E-state index is 12.7. The van der Waals surface area contributed by atoms with Gasteiger partial charge in [0.05, 0.1) is 10.6 Å². The number of halogens is 1. The molecule has 0 fully saturated rings. The molecule has 158 valence electrons. The average Bonchev–Trinajstić information content (AvgIpc) is 3.22. The van der Waals surface area contributed by atoms with Crippen molar-refractivity contribution in [2.75, 3.05) is 18.8 Å². The minimum atomic E-state index is -3.60. The molecule has 3 aromatic rings. The Balaban J connectivity index is 1.74. The summed E-state index contributed by atoms with van der Waals surface area (Å²) in [5.41, 5.74) is 0.993. The van der Waals surface area contributed by atoms with Gasteiger partial charge in [-0.05, 0) is 30.3 Å². The first-order valence-electron chi connectivity index (χ1n) is 9.20. The summed E-state index contributed by atoms with van der Waals surface area (Å²) in [7, 11) is -3.60. The second-order valence-corrected chi connectivity index (χ2v) is 9.51. The van der Waals surface area contributed by atoms with Gasteiger partial charge in [-0.1, -0.05) is 55.4 Å². The second kappa shape index (κ2) is 9.74. The van der Waals surface area contributed by atoms with Crippen molar-refractivity contribution in [1.29, 1.82) is 0 Å². The van der Waals surface area contributed by atoms with Crippen LogP contribution in [0.25, 0.3) is 11.5 Å². The third kappa shape index (κ3) is 5.10. The van der Waals surface area contributed by atoms with E-state index in [1.54, 1.807) is 50.2 Å². The standard InChI is InChI=1S/C20H20ClN3O4S2/c1-3-24(4-2)30(26,27)17-10-6-8-15(12-17)19-22-23-20(28-19)29-13-18(25)14-7-5-9-16(21)11-14/h5-12H,3-4,13H2,1-2H3. The van der Waals surface area contributed by atoms with E-state index in [1.807, 2.05) is 0 Å². The monoisotopic (exact) mass is 465 g/mol. The molecular weight excluding hydrogens is 446 g/mol. The Morgan fingerprint density at radius 1 is 1.10 bits per heavy atom. The molecule has 0 radical (unpaired) electrons. The zero-order chi connectivity index (χ0) is 21.7. The van der Waals surface area contributed by atoms with Crippen LogP contribution in [-0.4, -0.2) is 47.5 Å². The fourth-order valence-electron chi connectivity index (χ4n) is 2.76. The fraction of sp³-hybridized carbons (Fsp3) is 0.250. The van der Waals surface area contributed by atoms with Crippen LogP contribution in [0.5, 0.6) is 0 Å². The lowest BCUT2D eigenvalue weighted by Crippen LogP contribution is -2.30. The number of Topliss-reactive ketones (excluding diaryl/α,β-unsaturated/α-hetero) is 1. The van der Waals surface area contributed by atoms with Crippen LogP contribution in [0.4, 0.5) is 0 Å². The van der Waals surface area contributed by atoms with Crippen LogP contribution in [-0.2, 0) is 10.0 Å². The van der Waals surface area contributed by atoms with Gasteiger partial charge in [0.15, 0.2) is 5.78 Å². The summed E-state index contributed by atoms with van der Waals surface area (Å²) in [6, 6.07) is 13.1. The number of thioether (sulfide) groups is 1. The number of aromatic nitrogens is 2. The molecular formula is C20H20ClN3O4S2. The Hall–Kier alpha value is -2.20. The Morgan fingerprint density at radius 2 is 1.83 bits per heavy atom. The zero-order valence-electron chi connectivity index (χ0n) is 16.4. The van der Waals surface area contributed by atoms with E-state index in [1.165, 1.54) is 16.4 Å². The number of benzene rings is 2. The number of sulfonamides is 1.